The van der Waals surface area contributed by atoms with E-state index >= 15 is 0 Å². The quantitative estimate of drug-likeness (QED) is 0.307. The minimum atomic E-state index is 0.636. The largest absolute Gasteiger partial charge is 0.494 e. The highest BCUT2D eigenvalue weighted by Gasteiger charge is 2.17. The zero-order valence-corrected chi connectivity index (χ0v) is 18.5. The van der Waals surface area contributed by atoms with E-state index in [1.165, 1.54) is 11.1 Å². The lowest BCUT2D eigenvalue weighted by Crippen LogP contribution is -2.00. The number of benzene rings is 3. The average molecular weight is 436 g/mol. The molecule has 0 atom stereocenters. The maximum atomic E-state index is 6.23. The highest BCUT2D eigenvalue weighted by atomic mass is 35.5. The molecule has 0 aliphatic carbocycles. The fourth-order valence-corrected chi connectivity index (χ4v) is 4.30. The molecule has 4 aromatic rings. The Balaban J connectivity index is 1.72. The van der Waals surface area contributed by atoms with Gasteiger partial charge < -0.3 is 4.74 Å². The van der Waals surface area contributed by atoms with Gasteiger partial charge in [0.15, 0.2) is 11.0 Å². The minimum absolute atomic E-state index is 0.636. The smallest absolute Gasteiger partial charge is 0.196 e. The Morgan fingerprint density at radius 2 is 1.77 bits per heavy atom. The van der Waals surface area contributed by atoms with Crippen LogP contribution in [-0.2, 0) is 5.75 Å². The second kappa shape index (κ2) is 9.37. The lowest BCUT2D eigenvalue weighted by molar-refractivity contribution is 0.340. The molecule has 0 amide bonds. The Morgan fingerprint density at radius 3 is 2.50 bits per heavy atom. The fraction of sp³-hybridized carbons (Fsp3) is 0.167. The number of aromatic nitrogens is 3. The van der Waals surface area contributed by atoms with Crippen molar-refractivity contribution in [2.45, 2.75) is 24.8 Å². The molecule has 1 aromatic heterocycles. The maximum Gasteiger partial charge on any atom is 0.196 e. The van der Waals surface area contributed by atoms with Crippen molar-refractivity contribution in [3.05, 3.63) is 88.9 Å². The van der Waals surface area contributed by atoms with E-state index in [4.69, 9.17) is 16.3 Å². The van der Waals surface area contributed by atoms with Gasteiger partial charge in [0.1, 0.15) is 5.75 Å². The molecule has 0 N–H and O–H groups in total. The molecule has 3 aromatic carbocycles. The zero-order chi connectivity index (χ0) is 20.9. The summed E-state index contributed by atoms with van der Waals surface area (Å²) in [5.41, 5.74) is 4.41. The van der Waals surface area contributed by atoms with Gasteiger partial charge in [-0.05, 0) is 55.8 Å². The molecule has 0 saturated carbocycles. The molecule has 0 aliphatic rings. The molecule has 0 fully saturated rings. The van der Waals surface area contributed by atoms with E-state index in [0.29, 0.717) is 11.6 Å². The molecule has 0 spiro atoms. The number of hydrogen-bond acceptors (Lipinski definition) is 4. The highest BCUT2D eigenvalue weighted by molar-refractivity contribution is 7.98. The topological polar surface area (TPSA) is 39.9 Å². The first-order valence-corrected chi connectivity index (χ1v) is 11.1. The Morgan fingerprint density at radius 1 is 0.967 bits per heavy atom. The molecule has 30 heavy (non-hydrogen) atoms. The molecule has 6 heteroatoms. The van der Waals surface area contributed by atoms with Crippen molar-refractivity contribution in [3.63, 3.8) is 0 Å². The van der Waals surface area contributed by atoms with Gasteiger partial charge >= 0.3 is 0 Å². The number of nitrogens with zero attached hydrogens (tertiary/aromatic N) is 3. The Kier molecular flexibility index (Phi) is 6.41. The van der Waals surface area contributed by atoms with E-state index in [-0.39, 0.29) is 0 Å². The molecule has 4 rings (SSSR count). The second-order valence-corrected chi connectivity index (χ2v) is 8.24. The third-order valence-corrected chi connectivity index (χ3v) is 5.81. The third kappa shape index (κ3) is 4.69. The van der Waals surface area contributed by atoms with E-state index < -0.39 is 0 Å². The van der Waals surface area contributed by atoms with Crippen molar-refractivity contribution < 1.29 is 4.74 Å². The molecule has 4 nitrogen and oxygen atoms in total. The Labute approximate surface area is 185 Å². The first-order valence-electron chi connectivity index (χ1n) is 9.77. The summed E-state index contributed by atoms with van der Waals surface area (Å²) in [5.74, 6) is 2.41. The third-order valence-electron chi connectivity index (χ3n) is 4.57. The average Bonchev–Trinajstić information content (AvgIpc) is 3.17. The number of halogens is 1. The predicted octanol–water partition coefficient (Wildman–Crippen LogP) is 6.59. The first-order chi connectivity index (χ1) is 14.6. The van der Waals surface area contributed by atoms with Gasteiger partial charge in [0.25, 0.3) is 0 Å². The Bertz CT molecular complexity index is 1140. The monoisotopic (exact) mass is 435 g/mol. The normalized spacial score (nSPS) is 10.9. The van der Waals surface area contributed by atoms with Crippen molar-refractivity contribution in [1.82, 2.24) is 14.8 Å². The standard InChI is InChI=1S/C24H22ClN3OS/c1-3-29-22-12-10-21(11-13-22)28-23(19-8-5-9-20(25)15-19)26-27-24(28)30-16-18-7-4-6-17(2)14-18/h4-15H,3,16H2,1-2H3. The van der Waals surface area contributed by atoms with Gasteiger partial charge in [0, 0.05) is 22.0 Å². The molecule has 1 heterocycles. The summed E-state index contributed by atoms with van der Waals surface area (Å²) in [4.78, 5) is 0. The van der Waals surface area contributed by atoms with Gasteiger partial charge in [0.05, 0.1) is 6.61 Å². The molecule has 152 valence electrons. The van der Waals surface area contributed by atoms with E-state index in [9.17, 15) is 0 Å². The molecule has 0 saturated heterocycles. The van der Waals surface area contributed by atoms with E-state index in [1.807, 2.05) is 55.5 Å². The van der Waals surface area contributed by atoms with Crippen LogP contribution in [0.25, 0.3) is 17.1 Å². The van der Waals surface area contributed by atoms with Crippen LogP contribution in [0.4, 0.5) is 0 Å². The van der Waals surface area contributed by atoms with Crippen LogP contribution in [0, 0.1) is 6.92 Å². The minimum Gasteiger partial charge on any atom is -0.494 e. The van der Waals surface area contributed by atoms with Crippen molar-refractivity contribution in [2.24, 2.45) is 0 Å². The molecular formula is C24H22ClN3OS. The van der Waals surface area contributed by atoms with Gasteiger partial charge in [-0.1, -0.05) is 65.3 Å². The number of hydrogen-bond donors (Lipinski definition) is 0. The number of thioether (sulfide) groups is 1. The summed E-state index contributed by atoms with van der Waals surface area (Å²) in [6, 6.07) is 24.2. The second-order valence-electron chi connectivity index (χ2n) is 6.86. The van der Waals surface area contributed by atoms with E-state index in [1.54, 1.807) is 11.8 Å². The summed E-state index contributed by atoms with van der Waals surface area (Å²) < 4.78 is 7.66. The number of aryl methyl sites for hydroxylation is 1. The molecule has 0 bridgehead atoms. The van der Waals surface area contributed by atoms with Crippen LogP contribution in [0.3, 0.4) is 0 Å². The fourth-order valence-electron chi connectivity index (χ4n) is 3.22. The van der Waals surface area contributed by atoms with Crippen LogP contribution in [-0.4, -0.2) is 21.4 Å². The zero-order valence-electron chi connectivity index (χ0n) is 16.9. The molecular weight excluding hydrogens is 414 g/mol. The van der Waals surface area contributed by atoms with Crippen molar-refractivity contribution >= 4 is 23.4 Å². The van der Waals surface area contributed by atoms with Crippen LogP contribution >= 0.6 is 23.4 Å². The van der Waals surface area contributed by atoms with Crippen LogP contribution in [0.15, 0.2) is 78.0 Å². The first kappa shape index (κ1) is 20.5. The summed E-state index contributed by atoms with van der Waals surface area (Å²) in [5, 5.41) is 10.5. The summed E-state index contributed by atoms with van der Waals surface area (Å²) in [6.45, 7) is 4.72. The number of ether oxygens (including phenoxy) is 1. The van der Waals surface area contributed by atoms with E-state index in [2.05, 4.69) is 46.0 Å². The van der Waals surface area contributed by atoms with Crippen LogP contribution in [0.2, 0.25) is 5.02 Å². The van der Waals surface area contributed by atoms with Crippen LogP contribution in [0.1, 0.15) is 18.1 Å². The maximum absolute atomic E-state index is 6.23. The van der Waals surface area contributed by atoms with E-state index in [0.717, 1.165) is 33.7 Å². The lowest BCUT2D eigenvalue weighted by Gasteiger charge is -2.12. The van der Waals surface area contributed by atoms with Crippen molar-refractivity contribution in [1.29, 1.82) is 0 Å². The van der Waals surface area contributed by atoms with Gasteiger partial charge in [-0.2, -0.15) is 0 Å². The molecule has 0 aliphatic heterocycles. The van der Waals surface area contributed by atoms with Gasteiger partial charge in [0.2, 0.25) is 0 Å². The van der Waals surface area contributed by atoms with Crippen LogP contribution < -0.4 is 4.74 Å². The molecule has 0 unspecified atom stereocenters. The Hall–Kier alpha value is -2.76. The van der Waals surface area contributed by atoms with Gasteiger partial charge in [-0.3, -0.25) is 4.57 Å². The predicted molar refractivity (Wildman–Crippen MR) is 124 cm³/mol. The SMILES string of the molecule is CCOc1ccc(-n2c(SCc3cccc(C)c3)nnc2-c2cccc(Cl)c2)cc1. The van der Waals surface area contributed by atoms with Gasteiger partial charge in [-0.15, -0.1) is 10.2 Å². The molecule has 0 radical (unpaired) electrons. The summed E-state index contributed by atoms with van der Waals surface area (Å²) >= 11 is 7.90. The summed E-state index contributed by atoms with van der Waals surface area (Å²) in [6.07, 6.45) is 0. The van der Waals surface area contributed by atoms with Crippen LogP contribution in [0.5, 0.6) is 5.75 Å². The van der Waals surface area contributed by atoms with Crippen molar-refractivity contribution in [2.75, 3.05) is 6.61 Å². The highest BCUT2D eigenvalue weighted by Crippen LogP contribution is 2.31. The number of rotatable bonds is 7. The lowest BCUT2D eigenvalue weighted by atomic mass is 10.2. The summed E-state index contributed by atoms with van der Waals surface area (Å²) in [7, 11) is 0. The van der Waals surface area contributed by atoms with Gasteiger partial charge in [-0.25, -0.2) is 0 Å². The van der Waals surface area contributed by atoms with Crippen molar-refractivity contribution in [3.8, 4) is 22.8 Å².